The van der Waals surface area contributed by atoms with Gasteiger partial charge in [0.15, 0.2) is 6.29 Å². The molecule has 15 nitrogen and oxygen atoms in total. The van der Waals surface area contributed by atoms with Gasteiger partial charge in [-0.15, -0.1) is 0 Å². The van der Waals surface area contributed by atoms with Crippen LogP contribution in [0, 0.1) is 50.2 Å². The molecule has 6 fully saturated rings. The van der Waals surface area contributed by atoms with Crippen LogP contribution in [-0.2, 0) is 23.7 Å². The van der Waals surface area contributed by atoms with Gasteiger partial charge in [0.2, 0.25) is 6.29 Å². The third kappa shape index (κ3) is 6.26. The Balaban J connectivity index is 1.21. The van der Waals surface area contributed by atoms with Crippen molar-refractivity contribution < 1.29 is 74.8 Å². The van der Waals surface area contributed by atoms with Gasteiger partial charge in [0.1, 0.15) is 48.1 Å². The van der Waals surface area contributed by atoms with Crippen LogP contribution in [0.4, 0.5) is 0 Å². The predicted octanol–water partition coefficient (Wildman–Crippen LogP) is 0.258. The Morgan fingerprint density at radius 2 is 1.42 bits per heavy atom. The monoisotopic (exact) mass is 812 g/mol. The van der Waals surface area contributed by atoms with Gasteiger partial charge in [-0.1, -0.05) is 53.2 Å². The van der Waals surface area contributed by atoms with Crippen molar-refractivity contribution >= 4 is 5.97 Å². The summed E-state index contributed by atoms with van der Waals surface area (Å²) < 4.78 is 23.5. The van der Waals surface area contributed by atoms with Crippen LogP contribution in [0.15, 0.2) is 11.6 Å². The number of ether oxygens (including phenoxy) is 4. The number of carbonyl (C=O) groups is 1. The minimum atomic E-state index is -1.68. The summed E-state index contributed by atoms with van der Waals surface area (Å²) in [6.45, 7) is 13.3. The fourth-order valence-corrected chi connectivity index (χ4v) is 13.7. The number of hydrogen-bond acceptors (Lipinski definition) is 15. The van der Waals surface area contributed by atoms with Gasteiger partial charge in [-0.25, -0.2) is 0 Å². The summed E-state index contributed by atoms with van der Waals surface area (Å²) in [5.41, 5.74) is -3.03. The highest BCUT2D eigenvalue weighted by Crippen LogP contribution is 2.76. The normalized spacial score (nSPS) is 56.0. The highest BCUT2D eigenvalue weighted by molar-refractivity contribution is 5.80. The van der Waals surface area contributed by atoms with Crippen LogP contribution in [0.25, 0.3) is 0 Å². The fourth-order valence-electron chi connectivity index (χ4n) is 13.7. The minimum Gasteiger partial charge on any atom is -0.432 e. The van der Waals surface area contributed by atoms with Crippen molar-refractivity contribution in [2.45, 2.75) is 180 Å². The molecule has 5 aliphatic carbocycles. The summed E-state index contributed by atoms with van der Waals surface area (Å²) in [5.74, 6) is -1.31. The lowest BCUT2D eigenvalue weighted by Crippen LogP contribution is -2.70. The van der Waals surface area contributed by atoms with E-state index in [1.807, 2.05) is 6.92 Å². The molecule has 2 aliphatic heterocycles. The van der Waals surface area contributed by atoms with Crippen LogP contribution in [0.1, 0.15) is 99.8 Å². The molecule has 0 aromatic heterocycles. The standard InChI is InChI=1S/C42H68O15/c1-19-27(47)29(49)31(51)34(54-19)57-36(53)42-13-12-37(2,3)14-21(42)20-8-9-25-38(4)15-22(45)33(56-35-32(52)30(50)28(48)23(17-43)55-35)39(5,18-44)24(38)10-11-40(25,6)41(20,7)16-26(42)46/h8,19,21-35,43-52H,9-18H2,1-7H3. The molecule has 7 rings (SSSR count). The smallest absolute Gasteiger partial charge is 0.317 e. The molecule has 10 N–H and O–H groups in total. The van der Waals surface area contributed by atoms with E-state index in [4.69, 9.17) is 18.9 Å². The first-order valence-electron chi connectivity index (χ1n) is 21.0. The van der Waals surface area contributed by atoms with Crippen LogP contribution >= 0.6 is 0 Å². The van der Waals surface area contributed by atoms with E-state index in [9.17, 15) is 55.9 Å². The molecule has 15 heteroatoms. The zero-order chi connectivity index (χ0) is 42.0. The lowest BCUT2D eigenvalue weighted by molar-refractivity contribution is -0.345. The summed E-state index contributed by atoms with van der Waals surface area (Å²) in [6.07, 6.45) is -11.6. The first kappa shape index (κ1) is 43.8. The van der Waals surface area contributed by atoms with E-state index < -0.39 is 125 Å². The highest BCUT2D eigenvalue weighted by Gasteiger charge is 2.73. The molecule has 2 saturated heterocycles. The van der Waals surface area contributed by atoms with Crippen LogP contribution in [0.5, 0.6) is 0 Å². The number of carbonyl (C=O) groups excluding carboxylic acids is 1. The zero-order valence-electron chi connectivity index (χ0n) is 34.4. The second-order valence-electron chi connectivity index (χ2n) is 20.8. The topological polar surface area (TPSA) is 256 Å². The van der Waals surface area contributed by atoms with Crippen LogP contribution in [0.3, 0.4) is 0 Å². The molecule has 0 aromatic rings. The van der Waals surface area contributed by atoms with Crippen molar-refractivity contribution in [3.8, 4) is 0 Å². The van der Waals surface area contributed by atoms with Gasteiger partial charge in [0.25, 0.3) is 0 Å². The van der Waals surface area contributed by atoms with E-state index in [0.717, 1.165) is 5.57 Å². The van der Waals surface area contributed by atoms with E-state index in [0.29, 0.717) is 38.5 Å². The molecule has 7 aliphatic rings. The van der Waals surface area contributed by atoms with Gasteiger partial charge in [-0.3, -0.25) is 4.79 Å². The maximum Gasteiger partial charge on any atom is 0.317 e. The van der Waals surface area contributed by atoms with Crippen molar-refractivity contribution in [2.75, 3.05) is 13.2 Å². The van der Waals surface area contributed by atoms with Gasteiger partial charge in [-0.2, -0.15) is 0 Å². The Labute approximate surface area is 335 Å². The van der Waals surface area contributed by atoms with Crippen LogP contribution in [0.2, 0.25) is 0 Å². The van der Waals surface area contributed by atoms with Gasteiger partial charge in [0.05, 0.1) is 37.6 Å². The zero-order valence-corrected chi connectivity index (χ0v) is 34.4. The average molecular weight is 813 g/mol. The van der Waals surface area contributed by atoms with E-state index >= 15 is 0 Å². The average Bonchev–Trinajstić information content (AvgIpc) is 3.14. The van der Waals surface area contributed by atoms with E-state index in [1.54, 1.807) is 0 Å². The number of hydrogen-bond donors (Lipinski definition) is 10. The summed E-state index contributed by atoms with van der Waals surface area (Å²) in [6, 6.07) is 0. The molecule has 0 spiro atoms. The van der Waals surface area contributed by atoms with E-state index in [-0.39, 0.29) is 36.7 Å². The SMILES string of the molecule is CC1OC(OC(=O)C23CCC(C)(C)CC2C2=CCC4C5(C)CC(O)C(OC6OC(CO)C(O)C(O)C6O)C(C)(CO)C5CCC4(C)C2(C)CC3O)C(O)C(O)C1O. The predicted molar refractivity (Wildman–Crippen MR) is 200 cm³/mol. The van der Waals surface area contributed by atoms with Crippen molar-refractivity contribution in [1.29, 1.82) is 0 Å². The van der Waals surface area contributed by atoms with E-state index in [2.05, 4.69) is 40.7 Å². The number of fused-ring (bicyclic) bond motifs is 7. The van der Waals surface area contributed by atoms with Gasteiger partial charge in [-0.05, 0) is 97.7 Å². The molecule has 0 amide bonds. The Hall–Kier alpha value is -1.31. The Kier molecular flexibility index (Phi) is 11.3. The Morgan fingerprint density at radius 3 is 2.07 bits per heavy atom. The minimum absolute atomic E-state index is 0.0327. The number of aliphatic hydroxyl groups is 10. The van der Waals surface area contributed by atoms with Gasteiger partial charge in [0, 0.05) is 5.41 Å². The van der Waals surface area contributed by atoms with Crippen molar-refractivity contribution in [3.05, 3.63) is 11.6 Å². The molecular weight excluding hydrogens is 744 g/mol. The summed E-state index contributed by atoms with van der Waals surface area (Å²) in [5, 5.41) is 109. The maximum atomic E-state index is 14.6. The first-order valence-corrected chi connectivity index (χ1v) is 21.0. The third-order valence-corrected chi connectivity index (χ3v) is 17.3. The lowest BCUT2D eigenvalue weighted by atomic mass is 9.33. The van der Waals surface area contributed by atoms with Crippen molar-refractivity contribution in [3.63, 3.8) is 0 Å². The molecule has 21 atom stereocenters. The Bertz CT molecular complexity index is 1560. The summed E-state index contributed by atoms with van der Waals surface area (Å²) >= 11 is 0. The van der Waals surface area contributed by atoms with Crippen molar-refractivity contribution in [1.82, 2.24) is 0 Å². The molecule has 21 unspecified atom stereocenters. The fraction of sp³-hybridized carbons (Fsp3) is 0.929. The molecule has 57 heavy (non-hydrogen) atoms. The van der Waals surface area contributed by atoms with Crippen LogP contribution in [-0.4, -0.2) is 150 Å². The molecule has 326 valence electrons. The van der Waals surface area contributed by atoms with Gasteiger partial charge < -0.3 is 70.0 Å². The number of rotatable bonds is 6. The quantitative estimate of drug-likeness (QED) is 0.0981. The maximum absolute atomic E-state index is 14.6. The molecule has 2 heterocycles. The number of esters is 1. The van der Waals surface area contributed by atoms with Crippen LogP contribution < -0.4 is 0 Å². The summed E-state index contributed by atoms with van der Waals surface area (Å²) in [7, 11) is 0. The first-order chi connectivity index (χ1) is 26.5. The number of aliphatic hydroxyl groups excluding tert-OH is 10. The lowest BCUT2D eigenvalue weighted by Gasteiger charge is -2.72. The second kappa shape index (κ2) is 14.7. The Morgan fingerprint density at radius 1 is 0.772 bits per heavy atom. The molecule has 0 radical (unpaired) electrons. The third-order valence-electron chi connectivity index (χ3n) is 17.3. The molecule has 0 aromatic carbocycles. The van der Waals surface area contributed by atoms with E-state index in [1.165, 1.54) is 6.92 Å². The highest BCUT2D eigenvalue weighted by atomic mass is 16.7. The molecule has 0 bridgehead atoms. The largest absolute Gasteiger partial charge is 0.432 e. The summed E-state index contributed by atoms with van der Waals surface area (Å²) in [4.78, 5) is 14.6. The molecular formula is C42H68O15. The van der Waals surface area contributed by atoms with Gasteiger partial charge >= 0.3 is 5.97 Å². The number of allylic oxidation sites excluding steroid dienone is 2. The van der Waals surface area contributed by atoms with Crippen molar-refractivity contribution in [2.24, 2.45) is 50.2 Å². The molecule has 4 saturated carbocycles. The second-order valence-corrected chi connectivity index (χ2v) is 20.8.